The summed E-state index contributed by atoms with van der Waals surface area (Å²) in [6.07, 6.45) is 4.96. The highest BCUT2D eigenvalue weighted by molar-refractivity contribution is 5.90. The van der Waals surface area contributed by atoms with Crippen LogP contribution in [0.5, 0.6) is 0 Å². The number of esters is 4. The van der Waals surface area contributed by atoms with Gasteiger partial charge >= 0.3 is 23.9 Å². The number of hydrogen-bond acceptors (Lipinski definition) is 15. The summed E-state index contributed by atoms with van der Waals surface area (Å²) in [6, 6.07) is 7.52. The molecule has 0 spiro atoms. The van der Waals surface area contributed by atoms with Gasteiger partial charge in [-0.05, 0) is 24.1 Å². The third-order valence-electron chi connectivity index (χ3n) is 6.94. The molecule has 274 valence electrons. The molecule has 0 radical (unpaired) electrons. The molecule has 1 aromatic carbocycles. The molecule has 3 heterocycles. The van der Waals surface area contributed by atoms with Crippen molar-refractivity contribution in [2.75, 3.05) is 46.1 Å². The first-order valence-corrected chi connectivity index (χ1v) is 15.6. The summed E-state index contributed by atoms with van der Waals surface area (Å²) in [5.41, 5.74) is 3.03. The lowest BCUT2D eigenvalue weighted by Gasteiger charge is -2.18. The number of amides is 4. The molecule has 4 amide bonds. The van der Waals surface area contributed by atoms with E-state index in [9.17, 15) is 38.4 Å². The lowest BCUT2D eigenvalue weighted by Crippen LogP contribution is -2.46. The van der Waals surface area contributed by atoms with E-state index in [0.717, 1.165) is 16.8 Å². The van der Waals surface area contributed by atoms with Crippen molar-refractivity contribution in [1.82, 2.24) is 41.0 Å². The summed E-state index contributed by atoms with van der Waals surface area (Å²) in [4.78, 5) is 106. The summed E-state index contributed by atoms with van der Waals surface area (Å²) in [5, 5.41) is 13.2. The Morgan fingerprint density at radius 2 is 1.13 bits per heavy atom. The Balaban J connectivity index is 1.40. The SMILES string of the molecule is Cc1ncc(-c2ccnn2Cc2ccc(CC3NC(=O)COC(=O)CNC(=O)COC(=O)CNC(=O)COC(=O)CNC(=O)COC3=O)cc2)cn1. The van der Waals surface area contributed by atoms with Crippen LogP contribution in [0, 0.1) is 6.92 Å². The van der Waals surface area contributed by atoms with Gasteiger partial charge < -0.3 is 40.2 Å². The molecule has 20 heteroatoms. The number of aromatic nitrogens is 4. The number of nitrogens with zero attached hydrogens (tertiary/aromatic N) is 4. The van der Waals surface area contributed by atoms with E-state index in [1.54, 1.807) is 54.5 Å². The van der Waals surface area contributed by atoms with Crippen molar-refractivity contribution in [1.29, 1.82) is 0 Å². The predicted molar refractivity (Wildman–Crippen MR) is 172 cm³/mol. The Morgan fingerprint density at radius 1 is 0.654 bits per heavy atom. The first-order valence-electron chi connectivity index (χ1n) is 15.6. The summed E-state index contributed by atoms with van der Waals surface area (Å²) in [7, 11) is 0. The molecule has 1 atom stereocenters. The minimum Gasteiger partial charge on any atom is -0.454 e. The molecular weight excluding hydrogens is 688 g/mol. The number of aryl methyl sites for hydroxylation is 1. The minimum absolute atomic E-state index is 0.0999. The van der Waals surface area contributed by atoms with Crippen molar-refractivity contribution in [3.05, 3.63) is 65.9 Å². The van der Waals surface area contributed by atoms with Gasteiger partial charge in [-0.3, -0.25) is 38.2 Å². The second kappa shape index (κ2) is 18.9. The molecule has 1 aliphatic heterocycles. The van der Waals surface area contributed by atoms with Crippen molar-refractivity contribution in [3.63, 3.8) is 0 Å². The topological polar surface area (TPSA) is 265 Å². The molecule has 3 aromatic rings. The molecule has 1 saturated heterocycles. The van der Waals surface area contributed by atoms with Crippen LogP contribution in [-0.2, 0) is 70.3 Å². The maximum atomic E-state index is 13.0. The third-order valence-corrected chi connectivity index (χ3v) is 6.94. The number of rotatable bonds is 5. The molecule has 52 heavy (non-hydrogen) atoms. The number of cyclic esters (lactones) is 4. The molecule has 2 aromatic heterocycles. The van der Waals surface area contributed by atoms with Crippen LogP contribution in [-0.4, -0.2) is 119 Å². The van der Waals surface area contributed by atoms with Crippen LogP contribution in [0.1, 0.15) is 17.0 Å². The monoisotopic (exact) mass is 722 g/mol. The Kier molecular flexibility index (Phi) is 13.8. The molecule has 0 bridgehead atoms. The predicted octanol–water partition coefficient (Wildman–Crippen LogP) is -2.74. The summed E-state index contributed by atoms with van der Waals surface area (Å²) >= 11 is 0. The minimum atomic E-state index is -1.35. The van der Waals surface area contributed by atoms with E-state index in [1.807, 2.05) is 6.07 Å². The normalized spacial score (nSPS) is 17.9. The molecular formula is C32H34N8O12. The van der Waals surface area contributed by atoms with E-state index in [4.69, 9.17) is 14.2 Å². The molecule has 20 nitrogen and oxygen atoms in total. The Hall–Kier alpha value is -6.73. The van der Waals surface area contributed by atoms with Crippen LogP contribution < -0.4 is 21.3 Å². The zero-order chi connectivity index (χ0) is 37.5. The second-order valence-electron chi connectivity index (χ2n) is 11.0. The van der Waals surface area contributed by atoms with Crippen molar-refractivity contribution in [2.45, 2.75) is 25.9 Å². The first-order chi connectivity index (χ1) is 24.9. The van der Waals surface area contributed by atoms with Gasteiger partial charge in [0.1, 0.15) is 31.5 Å². The van der Waals surface area contributed by atoms with Crippen molar-refractivity contribution in [2.24, 2.45) is 0 Å². The van der Waals surface area contributed by atoms with Crippen LogP contribution in [0.3, 0.4) is 0 Å². The summed E-state index contributed by atoms with van der Waals surface area (Å²) in [5.74, 6) is -6.98. The standard InChI is InChI=1S/C32H34N8O12/c1-19-33-9-22(10-34-19)24-6-7-38-40(24)14-21-4-2-20(3-5-21)8-23-32(48)52-17-27(43)37-12-30(46)50-15-25(41)35-11-29(45)49-16-26(42)36-13-31(47)51-18-28(44)39-23/h2-7,9-10,23H,8,11-18H2,1H3,(H,35,41)(H,36,42)(H,37,43)(H,39,44). The van der Waals surface area contributed by atoms with Gasteiger partial charge in [0.05, 0.1) is 12.2 Å². The highest BCUT2D eigenvalue weighted by atomic mass is 16.6. The molecule has 0 saturated carbocycles. The van der Waals surface area contributed by atoms with Crippen LogP contribution in [0.15, 0.2) is 48.9 Å². The van der Waals surface area contributed by atoms with E-state index in [1.165, 1.54) is 0 Å². The smallest absolute Gasteiger partial charge is 0.329 e. The number of hydrogen-bond donors (Lipinski definition) is 4. The second-order valence-corrected chi connectivity index (χ2v) is 11.0. The van der Waals surface area contributed by atoms with Gasteiger partial charge in [-0.1, -0.05) is 24.3 Å². The molecule has 0 aliphatic carbocycles. The molecule has 4 N–H and O–H groups in total. The number of nitrogens with one attached hydrogen (secondary N) is 4. The Bertz CT molecular complexity index is 1790. The van der Waals surface area contributed by atoms with Gasteiger partial charge in [-0.2, -0.15) is 5.10 Å². The van der Waals surface area contributed by atoms with E-state index < -0.39 is 99.6 Å². The zero-order valence-corrected chi connectivity index (χ0v) is 27.7. The number of ether oxygens (including phenoxy) is 4. The summed E-state index contributed by atoms with van der Waals surface area (Å²) in [6.45, 7) is -3.12. The fourth-order valence-electron chi connectivity index (χ4n) is 4.34. The van der Waals surface area contributed by atoms with Gasteiger partial charge in [-0.15, -0.1) is 0 Å². The van der Waals surface area contributed by atoms with E-state index in [2.05, 4.69) is 41.1 Å². The fourth-order valence-corrected chi connectivity index (χ4v) is 4.34. The van der Waals surface area contributed by atoms with Gasteiger partial charge in [0.2, 0.25) is 0 Å². The molecule has 1 fully saturated rings. The zero-order valence-electron chi connectivity index (χ0n) is 27.7. The maximum Gasteiger partial charge on any atom is 0.329 e. The van der Waals surface area contributed by atoms with E-state index in [0.29, 0.717) is 17.9 Å². The lowest BCUT2D eigenvalue weighted by molar-refractivity contribution is -0.154. The van der Waals surface area contributed by atoms with E-state index in [-0.39, 0.29) is 6.42 Å². The number of carbonyl (C=O) groups excluding carboxylic acids is 8. The number of benzene rings is 1. The van der Waals surface area contributed by atoms with Gasteiger partial charge in [0.25, 0.3) is 23.6 Å². The van der Waals surface area contributed by atoms with Crippen LogP contribution >= 0.6 is 0 Å². The largest absolute Gasteiger partial charge is 0.454 e. The van der Waals surface area contributed by atoms with Crippen LogP contribution in [0.2, 0.25) is 0 Å². The highest BCUT2D eigenvalue weighted by Crippen LogP contribution is 2.19. The summed E-state index contributed by atoms with van der Waals surface area (Å²) < 4.78 is 21.1. The van der Waals surface area contributed by atoms with Crippen LogP contribution in [0.25, 0.3) is 11.3 Å². The van der Waals surface area contributed by atoms with Gasteiger partial charge in [0, 0.05) is 30.6 Å². The Labute approximate surface area is 294 Å². The highest BCUT2D eigenvalue weighted by Gasteiger charge is 2.25. The van der Waals surface area contributed by atoms with Crippen molar-refractivity contribution in [3.8, 4) is 11.3 Å². The average Bonchev–Trinajstić information content (AvgIpc) is 3.60. The first kappa shape index (κ1) is 38.1. The van der Waals surface area contributed by atoms with Gasteiger partial charge in [-0.25, -0.2) is 14.8 Å². The third kappa shape index (κ3) is 12.6. The van der Waals surface area contributed by atoms with Gasteiger partial charge in [0.15, 0.2) is 26.4 Å². The number of carbonyl (C=O) groups is 8. The maximum absolute atomic E-state index is 13.0. The molecule has 1 unspecified atom stereocenters. The molecule has 4 rings (SSSR count). The quantitative estimate of drug-likeness (QED) is 0.154. The molecule has 1 aliphatic rings. The van der Waals surface area contributed by atoms with Crippen molar-refractivity contribution < 1.29 is 57.3 Å². The van der Waals surface area contributed by atoms with Crippen molar-refractivity contribution >= 4 is 47.5 Å². The Morgan fingerprint density at radius 3 is 1.67 bits per heavy atom. The fraction of sp³-hybridized carbons (Fsp3) is 0.344. The lowest BCUT2D eigenvalue weighted by atomic mass is 10.0. The van der Waals surface area contributed by atoms with Crippen LogP contribution in [0.4, 0.5) is 0 Å². The van der Waals surface area contributed by atoms with E-state index >= 15 is 0 Å². The average molecular weight is 723 g/mol.